The summed E-state index contributed by atoms with van der Waals surface area (Å²) in [6, 6.07) is 7.02. The first-order valence-corrected chi connectivity index (χ1v) is 14.1. The Bertz CT molecular complexity index is 1340. The molecule has 1 heterocycles. The van der Waals surface area contributed by atoms with Gasteiger partial charge in [0.25, 0.3) is 5.91 Å². The number of piperidine rings is 1. The maximum absolute atomic E-state index is 13.3. The number of alkyl halides is 3. The van der Waals surface area contributed by atoms with Crippen LogP contribution < -0.4 is 0 Å². The van der Waals surface area contributed by atoms with Gasteiger partial charge in [0.2, 0.25) is 0 Å². The van der Waals surface area contributed by atoms with Gasteiger partial charge < -0.3 is 10.0 Å². The molecule has 0 spiro atoms. The predicted octanol–water partition coefficient (Wildman–Crippen LogP) is 3.92. The monoisotopic (exact) mass is 533 g/mol. The first-order valence-electron chi connectivity index (χ1n) is 10.7. The molecule has 3 rings (SSSR count). The van der Waals surface area contributed by atoms with Crippen molar-refractivity contribution in [2.45, 2.75) is 47.4 Å². The van der Waals surface area contributed by atoms with E-state index in [0.29, 0.717) is 6.07 Å². The van der Waals surface area contributed by atoms with Crippen molar-refractivity contribution in [2.24, 2.45) is 5.92 Å². The van der Waals surface area contributed by atoms with Gasteiger partial charge in [-0.25, -0.2) is 16.8 Å². The van der Waals surface area contributed by atoms with Crippen molar-refractivity contribution < 1.29 is 39.9 Å². The minimum Gasteiger partial charge on any atom is -0.508 e. The van der Waals surface area contributed by atoms with Crippen LogP contribution in [0.2, 0.25) is 0 Å². The average molecular weight is 534 g/mol. The maximum Gasteiger partial charge on any atom is 0.416 e. The van der Waals surface area contributed by atoms with E-state index in [4.69, 9.17) is 0 Å². The van der Waals surface area contributed by atoms with E-state index in [9.17, 15) is 39.9 Å². The fraction of sp³-hybridized carbons (Fsp3) is 0.435. The molecule has 35 heavy (non-hydrogen) atoms. The van der Waals surface area contributed by atoms with Crippen LogP contribution in [0.25, 0.3) is 0 Å². The second kappa shape index (κ2) is 9.12. The highest BCUT2D eigenvalue weighted by Gasteiger charge is 2.45. The van der Waals surface area contributed by atoms with Crippen LogP contribution in [0.4, 0.5) is 13.2 Å². The highest BCUT2D eigenvalue weighted by Crippen LogP contribution is 2.40. The van der Waals surface area contributed by atoms with E-state index in [1.54, 1.807) is 0 Å². The minimum absolute atomic E-state index is 0.115. The second-order valence-electron chi connectivity index (χ2n) is 9.15. The van der Waals surface area contributed by atoms with Gasteiger partial charge in [-0.15, -0.1) is 0 Å². The number of nitrogens with zero attached hydrogens (tertiary/aromatic N) is 1. The fourth-order valence-corrected chi connectivity index (χ4v) is 7.00. The Morgan fingerprint density at radius 3 is 2.14 bits per heavy atom. The minimum atomic E-state index is -4.68. The number of sulfone groups is 2. The Morgan fingerprint density at radius 2 is 1.60 bits per heavy atom. The summed E-state index contributed by atoms with van der Waals surface area (Å²) >= 11 is 0. The normalized spacial score (nSPS) is 16.3. The van der Waals surface area contributed by atoms with Crippen molar-refractivity contribution >= 4 is 25.6 Å². The van der Waals surface area contributed by atoms with Gasteiger partial charge in [-0.3, -0.25) is 4.79 Å². The van der Waals surface area contributed by atoms with Crippen LogP contribution >= 0.6 is 0 Å². The highest BCUT2D eigenvalue weighted by atomic mass is 32.2. The number of phenolic OH excluding ortho intramolecular Hbond substituents is 1. The van der Waals surface area contributed by atoms with E-state index in [-0.39, 0.29) is 42.1 Å². The van der Waals surface area contributed by atoms with Gasteiger partial charge in [0.1, 0.15) is 5.75 Å². The summed E-state index contributed by atoms with van der Waals surface area (Å²) in [5.74, 6) is -1.35. The van der Waals surface area contributed by atoms with Crippen molar-refractivity contribution in [3.63, 3.8) is 0 Å². The molecule has 0 aromatic heterocycles. The number of carbonyl (C=O) groups is 1. The van der Waals surface area contributed by atoms with Crippen molar-refractivity contribution in [1.82, 2.24) is 4.90 Å². The Balaban J connectivity index is 1.82. The second-order valence-corrected chi connectivity index (χ2v) is 13.7. The third-order valence-electron chi connectivity index (χ3n) is 6.52. The number of carbonyl (C=O) groups excluding carboxylic acids is 1. The zero-order chi connectivity index (χ0) is 26.4. The van der Waals surface area contributed by atoms with E-state index in [1.165, 1.54) is 24.8 Å². The summed E-state index contributed by atoms with van der Waals surface area (Å²) < 4.78 is 88.7. The quantitative estimate of drug-likeness (QED) is 0.624. The molecule has 2 aromatic carbocycles. The molecule has 1 saturated heterocycles. The number of rotatable bonds is 5. The van der Waals surface area contributed by atoms with Gasteiger partial charge in [0, 0.05) is 19.3 Å². The number of phenols is 1. The van der Waals surface area contributed by atoms with Crippen LogP contribution in [0.5, 0.6) is 5.75 Å². The lowest BCUT2D eigenvalue weighted by Gasteiger charge is -2.40. The molecular weight excluding hydrogens is 507 g/mol. The first kappa shape index (κ1) is 27.0. The Kier molecular flexibility index (Phi) is 7.04. The smallest absolute Gasteiger partial charge is 0.416 e. The van der Waals surface area contributed by atoms with Crippen molar-refractivity contribution in [3.05, 3.63) is 53.6 Å². The third-order valence-corrected chi connectivity index (χ3v) is 10.3. The van der Waals surface area contributed by atoms with Crippen LogP contribution in [0, 0.1) is 5.92 Å². The molecule has 0 bridgehead atoms. The molecule has 1 fully saturated rings. The van der Waals surface area contributed by atoms with E-state index in [2.05, 4.69) is 0 Å². The Labute approximate surface area is 202 Å². The predicted molar refractivity (Wildman–Crippen MR) is 123 cm³/mol. The summed E-state index contributed by atoms with van der Waals surface area (Å²) in [6.07, 6.45) is -3.25. The van der Waals surface area contributed by atoms with Crippen LogP contribution in [0.3, 0.4) is 0 Å². The number of amides is 1. The van der Waals surface area contributed by atoms with E-state index < -0.39 is 52.9 Å². The van der Waals surface area contributed by atoms with Crippen molar-refractivity contribution in [3.8, 4) is 5.75 Å². The summed E-state index contributed by atoms with van der Waals surface area (Å²) in [7, 11) is -7.91. The molecule has 0 atom stereocenters. The van der Waals surface area contributed by atoms with Gasteiger partial charge in [0.05, 0.1) is 25.7 Å². The number of aromatic hydroxyl groups is 1. The number of halogens is 3. The zero-order valence-electron chi connectivity index (χ0n) is 19.3. The molecule has 12 heteroatoms. The largest absolute Gasteiger partial charge is 0.508 e. The zero-order valence-corrected chi connectivity index (χ0v) is 21.0. The molecule has 1 aliphatic heterocycles. The molecule has 0 saturated carbocycles. The van der Waals surface area contributed by atoms with Crippen LogP contribution in [0.15, 0.2) is 52.3 Å². The molecule has 1 N–H and O–H groups in total. The number of hydrogen-bond donors (Lipinski definition) is 1. The first-order chi connectivity index (χ1) is 16.0. The Hall–Kier alpha value is -2.60. The molecule has 1 aliphatic rings. The molecule has 192 valence electrons. The summed E-state index contributed by atoms with van der Waals surface area (Å²) in [5.41, 5.74) is -1.23. The van der Waals surface area contributed by atoms with Crippen LogP contribution in [0.1, 0.15) is 42.6 Å². The van der Waals surface area contributed by atoms with Gasteiger partial charge >= 0.3 is 6.18 Å². The van der Waals surface area contributed by atoms with E-state index in [0.717, 1.165) is 36.6 Å². The van der Waals surface area contributed by atoms with Gasteiger partial charge in [-0.1, -0.05) is 6.07 Å². The number of hydrogen-bond acceptors (Lipinski definition) is 6. The molecule has 2 aromatic rings. The van der Waals surface area contributed by atoms with Crippen LogP contribution in [-0.4, -0.2) is 56.8 Å². The van der Waals surface area contributed by atoms with Crippen molar-refractivity contribution in [1.29, 1.82) is 0 Å². The summed E-state index contributed by atoms with van der Waals surface area (Å²) in [4.78, 5) is 13.8. The van der Waals surface area contributed by atoms with Gasteiger partial charge in [-0.05, 0) is 69.0 Å². The molecular formula is C23H26F3NO6S2. The number of likely N-dealkylation sites (tertiary alicyclic amines) is 1. The number of benzene rings is 2. The van der Waals surface area contributed by atoms with Gasteiger partial charge in [-0.2, -0.15) is 13.2 Å². The third kappa shape index (κ3) is 5.32. The lowest BCUT2D eigenvalue weighted by atomic mass is 9.85. The highest BCUT2D eigenvalue weighted by molar-refractivity contribution is 7.92. The van der Waals surface area contributed by atoms with Gasteiger partial charge in [0.15, 0.2) is 19.7 Å². The fourth-order valence-electron chi connectivity index (χ4n) is 4.32. The maximum atomic E-state index is 13.3. The van der Waals surface area contributed by atoms with Crippen molar-refractivity contribution in [2.75, 3.05) is 19.3 Å². The lowest BCUT2D eigenvalue weighted by Crippen LogP contribution is -2.47. The average Bonchev–Trinajstić information content (AvgIpc) is 2.77. The summed E-state index contributed by atoms with van der Waals surface area (Å²) in [5, 5.41) is 9.76. The molecule has 0 radical (unpaired) electrons. The molecule has 0 unspecified atom stereocenters. The Morgan fingerprint density at radius 1 is 1.00 bits per heavy atom. The molecule has 7 nitrogen and oxygen atoms in total. The van der Waals surface area contributed by atoms with E-state index in [1.807, 2.05) is 0 Å². The lowest BCUT2D eigenvalue weighted by molar-refractivity contribution is -0.137. The molecule has 1 amide bonds. The molecule has 0 aliphatic carbocycles. The SMILES string of the molecule is CC(C)(C1CCN(C(=O)c2cc(O)ccc2S(C)(=O)=O)CC1)S(=O)(=O)c1cccc(C(F)(F)F)c1. The summed E-state index contributed by atoms with van der Waals surface area (Å²) in [6.45, 7) is 3.15. The standard InChI is InChI=1S/C23H26F3NO6S2/c1-22(2,35(32,33)18-6-4-5-16(13-18)23(24,25)26)15-9-11-27(12-10-15)21(29)19-14-17(28)7-8-20(19)34(3,30)31/h4-8,13-15,28H,9-12H2,1-3H3. The topological polar surface area (TPSA) is 109 Å². The van der Waals surface area contributed by atoms with Crippen LogP contribution in [-0.2, 0) is 25.9 Å². The van der Waals surface area contributed by atoms with E-state index >= 15 is 0 Å².